The minimum Gasteiger partial charge on any atom is -0.285 e. The van der Waals surface area contributed by atoms with E-state index in [1.165, 1.54) is 18.2 Å². The highest BCUT2D eigenvalue weighted by Gasteiger charge is 2.30. The van der Waals surface area contributed by atoms with Crippen molar-refractivity contribution in [1.29, 1.82) is 0 Å². The molecule has 1 aliphatic heterocycles. The van der Waals surface area contributed by atoms with Crippen LogP contribution in [0, 0.1) is 11.6 Å². The Labute approximate surface area is 116 Å². The number of carbonyl (C=O) groups excluding carboxylic acids is 1. The molecule has 21 heavy (non-hydrogen) atoms. The molecular formula is C15H6F2N2O2. The Hall–Kier alpha value is -2.89. The molecule has 0 bridgehead atoms. The van der Waals surface area contributed by atoms with Crippen molar-refractivity contribution >= 4 is 16.7 Å². The molecule has 1 aromatic heterocycles. The van der Waals surface area contributed by atoms with E-state index in [4.69, 9.17) is 0 Å². The molecule has 0 unspecified atom stereocenters. The van der Waals surface area contributed by atoms with Gasteiger partial charge < -0.3 is 0 Å². The van der Waals surface area contributed by atoms with Crippen LogP contribution in [0.1, 0.15) is 16.2 Å². The summed E-state index contributed by atoms with van der Waals surface area (Å²) >= 11 is 0. The van der Waals surface area contributed by atoms with Crippen molar-refractivity contribution in [3.63, 3.8) is 0 Å². The van der Waals surface area contributed by atoms with Crippen LogP contribution in [0.5, 0.6) is 0 Å². The van der Waals surface area contributed by atoms with Gasteiger partial charge in [0.25, 0.3) is 5.56 Å². The normalized spacial score (nSPS) is 12.6. The molecule has 2 heterocycles. The highest BCUT2D eigenvalue weighted by Crippen LogP contribution is 2.26. The highest BCUT2D eigenvalue weighted by atomic mass is 19.1. The number of halogens is 2. The van der Waals surface area contributed by atoms with Crippen LogP contribution in [-0.2, 0) is 0 Å². The molecule has 0 aliphatic carbocycles. The van der Waals surface area contributed by atoms with E-state index in [2.05, 4.69) is 4.98 Å². The highest BCUT2D eigenvalue weighted by molar-refractivity contribution is 6.13. The van der Waals surface area contributed by atoms with E-state index in [0.29, 0.717) is 5.69 Å². The summed E-state index contributed by atoms with van der Waals surface area (Å²) in [6.45, 7) is 0. The molecule has 0 fully saturated rings. The summed E-state index contributed by atoms with van der Waals surface area (Å²) in [5.41, 5.74) is -0.00270. The van der Waals surface area contributed by atoms with E-state index in [0.717, 1.165) is 22.8 Å². The molecule has 1 aliphatic rings. The van der Waals surface area contributed by atoms with Crippen molar-refractivity contribution in [2.45, 2.75) is 0 Å². The first-order chi connectivity index (χ1) is 10.1. The van der Waals surface area contributed by atoms with Gasteiger partial charge in [0.05, 0.1) is 22.2 Å². The number of ketones is 1. The van der Waals surface area contributed by atoms with Gasteiger partial charge >= 0.3 is 0 Å². The van der Waals surface area contributed by atoms with Crippen molar-refractivity contribution in [1.82, 2.24) is 9.55 Å². The summed E-state index contributed by atoms with van der Waals surface area (Å²) in [4.78, 5) is 28.8. The predicted molar refractivity (Wildman–Crippen MR) is 70.7 cm³/mol. The third kappa shape index (κ3) is 1.50. The number of rotatable bonds is 0. The molecular weight excluding hydrogens is 278 g/mol. The van der Waals surface area contributed by atoms with E-state index < -0.39 is 23.0 Å². The lowest BCUT2D eigenvalue weighted by molar-refractivity contribution is 0.103. The first-order valence-electron chi connectivity index (χ1n) is 6.13. The molecule has 0 atom stereocenters. The molecule has 0 saturated carbocycles. The standard InChI is InChI=1S/C15H6F2N2O2/c16-7-2-4-12-10(5-7)13(20)14-18-11-6-8(17)1-3-9(11)15(21)19(12)14/h1-6H. The quantitative estimate of drug-likeness (QED) is 0.497. The average Bonchev–Trinajstić information content (AvgIpc) is 2.72. The summed E-state index contributed by atoms with van der Waals surface area (Å²) in [6, 6.07) is 7.16. The zero-order chi connectivity index (χ0) is 14.7. The van der Waals surface area contributed by atoms with Gasteiger partial charge in [-0.1, -0.05) is 0 Å². The number of nitrogens with zero attached hydrogens (tertiary/aromatic N) is 2. The third-order valence-electron chi connectivity index (χ3n) is 3.48. The second-order valence-corrected chi connectivity index (χ2v) is 4.73. The maximum absolute atomic E-state index is 13.3. The topological polar surface area (TPSA) is 52.0 Å². The number of fused-ring (bicyclic) bond motifs is 4. The number of hydrogen-bond donors (Lipinski definition) is 0. The maximum atomic E-state index is 13.3. The molecule has 0 N–H and O–H groups in total. The summed E-state index contributed by atoms with van der Waals surface area (Å²) in [5.74, 6) is -1.79. The van der Waals surface area contributed by atoms with Crippen molar-refractivity contribution < 1.29 is 13.6 Å². The van der Waals surface area contributed by atoms with E-state index in [9.17, 15) is 18.4 Å². The van der Waals surface area contributed by atoms with Crippen LogP contribution >= 0.6 is 0 Å². The number of hydrogen-bond acceptors (Lipinski definition) is 3. The van der Waals surface area contributed by atoms with Crippen LogP contribution in [0.4, 0.5) is 8.78 Å². The van der Waals surface area contributed by atoms with Gasteiger partial charge in [0, 0.05) is 6.07 Å². The first-order valence-corrected chi connectivity index (χ1v) is 6.13. The minimum atomic E-state index is -0.571. The van der Waals surface area contributed by atoms with Gasteiger partial charge in [0.15, 0.2) is 5.82 Å². The minimum absolute atomic E-state index is 0.0791. The SMILES string of the molecule is O=C1c2cc(F)ccc2-n2c1nc1cc(F)ccc1c2=O. The van der Waals surface area contributed by atoms with Gasteiger partial charge in [-0.25, -0.2) is 13.8 Å². The fourth-order valence-electron chi connectivity index (χ4n) is 2.54. The lowest BCUT2D eigenvalue weighted by atomic mass is 10.1. The fourth-order valence-corrected chi connectivity index (χ4v) is 2.54. The van der Waals surface area contributed by atoms with E-state index in [-0.39, 0.29) is 22.3 Å². The Morgan fingerprint density at radius 2 is 1.67 bits per heavy atom. The number of carbonyl (C=O) groups is 1. The van der Waals surface area contributed by atoms with E-state index in [1.54, 1.807) is 0 Å². The monoisotopic (exact) mass is 284 g/mol. The molecule has 4 nitrogen and oxygen atoms in total. The van der Waals surface area contributed by atoms with Crippen LogP contribution in [0.15, 0.2) is 41.2 Å². The Kier molecular flexibility index (Phi) is 2.16. The van der Waals surface area contributed by atoms with Gasteiger partial charge in [0.1, 0.15) is 11.6 Å². The molecule has 4 rings (SSSR count). The van der Waals surface area contributed by atoms with Gasteiger partial charge in [-0.15, -0.1) is 0 Å². The van der Waals surface area contributed by atoms with Gasteiger partial charge in [0.2, 0.25) is 5.78 Å². The molecule has 0 amide bonds. The molecule has 3 aromatic rings. The van der Waals surface area contributed by atoms with Gasteiger partial charge in [-0.05, 0) is 30.3 Å². The van der Waals surface area contributed by atoms with Crippen molar-refractivity contribution in [3.05, 3.63) is 69.8 Å². The Balaban J connectivity index is 2.17. The van der Waals surface area contributed by atoms with Gasteiger partial charge in [-0.2, -0.15) is 0 Å². The number of aromatic nitrogens is 2. The summed E-state index contributed by atoms with van der Waals surface area (Å²) < 4.78 is 27.7. The zero-order valence-corrected chi connectivity index (χ0v) is 10.4. The molecule has 6 heteroatoms. The van der Waals surface area contributed by atoms with E-state index >= 15 is 0 Å². The molecule has 0 saturated heterocycles. The summed E-state index contributed by atoms with van der Waals surface area (Å²) in [6.07, 6.45) is 0. The van der Waals surface area contributed by atoms with Crippen LogP contribution in [-0.4, -0.2) is 15.3 Å². The van der Waals surface area contributed by atoms with Crippen molar-refractivity contribution in [3.8, 4) is 5.69 Å². The molecule has 0 radical (unpaired) electrons. The Morgan fingerprint density at radius 1 is 0.952 bits per heavy atom. The van der Waals surface area contributed by atoms with Crippen LogP contribution in [0.2, 0.25) is 0 Å². The lowest BCUT2D eigenvalue weighted by Gasteiger charge is -2.05. The maximum Gasteiger partial charge on any atom is 0.266 e. The number of benzene rings is 2. The van der Waals surface area contributed by atoms with Crippen molar-refractivity contribution in [2.75, 3.05) is 0 Å². The Bertz CT molecular complexity index is 1010. The summed E-state index contributed by atoms with van der Waals surface area (Å²) in [7, 11) is 0. The van der Waals surface area contributed by atoms with Crippen LogP contribution in [0.3, 0.4) is 0 Å². The second kappa shape index (κ2) is 3.82. The first kappa shape index (κ1) is 11.9. The van der Waals surface area contributed by atoms with Crippen LogP contribution < -0.4 is 5.56 Å². The van der Waals surface area contributed by atoms with Gasteiger partial charge in [-0.3, -0.25) is 14.2 Å². The lowest BCUT2D eigenvalue weighted by Crippen LogP contribution is -2.21. The molecule has 102 valence electrons. The largest absolute Gasteiger partial charge is 0.285 e. The molecule has 2 aromatic carbocycles. The third-order valence-corrected chi connectivity index (χ3v) is 3.48. The Morgan fingerprint density at radius 3 is 2.48 bits per heavy atom. The molecule has 0 spiro atoms. The van der Waals surface area contributed by atoms with Crippen molar-refractivity contribution in [2.24, 2.45) is 0 Å². The van der Waals surface area contributed by atoms with E-state index in [1.807, 2.05) is 0 Å². The smallest absolute Gasteiger partial charge is 0.266 e. The predicted octanol–water partition coefficient (Wildman–Crippen LogP) is 2.21. The fraction of sp³-hybridized carbons (Fsp3) is 0. The average molecular weight is 284 g/mol. The zero-order valence-electron chi connectivity index (χ0n) is 10.4. The second-order valence-electron chi connectivity index (χ2n) is 4.73. The van der Waals surface area contributed by atoms with Crippen LogP contribution in [0.25, 0.3) is 16.6 Å². The summed E-state index contributed by atoms with van der Waals surface area (Å²) in [5, 5.41) is 0.199.